The largest absolute Gasteiger partial charge is 0.496 e. The minimum absolute atomic E-state index is 0.0903. The van der Waals surface area contributed by atoms with Crippen LogP contribution in [0.25, 0.3) is 0 Å². The highest BCUT2D eigenvalue weighted by Crippen LogP contribution is 2.24. The number of nitrogens with two attached hydrogens (primary N) is 1. The molecule has 0 heterocycles. The zero-order valence-corrected chi connectivity index (χ0v) is 12.6. The normalized spacial score (nSPS) is 10.3. The summed E-state index contributed by atoms with van der Waals surface area (Å²) in [5, 5.41) is 2.79. The third-order valence-corrected chi connectivity index (χ3v) is 3.17. The lowest BCUT2D eigenvalue weighted by atomic mass is 10.1. The molecule has 1 amide bonds. The number of carbonyl (C=O) groups is 2. The fraction of sp³-hybridized carbons (Fsp3) is 0.467. The van der Waals surface area contributed by atoms with Gasteiger partial charge in [0.1, 0.15) is 11.3 Å². The second-order valence-corrected chi connectivity index (χ2v) is 4.58. The van der Waals surface area contributed by atoms with Gasteiger partial charge in [-0.25, -0.2) is 4.79 Å². The molecule has 0 unspecified atom stereocenters. The highest BCUT2D eigenvalue weighted by atomic mass is 16.5. The van der Waals surface area contributed by atoms with E-state index in [0.717, 1.165) is 12.8 Å². The first-order chi connectivity index (χ1) is 10.0. The predicted molar refractivity (Wildman–Crippen MR) is 80.2 cm³/mol. The number of nitrogens with one attached hydrogen (secondary N) is 1. The highest BCUT2D eigenvalue weighted by Gasteiger charge is 2.19. The Kier molecular flexibility index (Phi) is 6.52. The van der Waals surface area contributed by atoms with Crippen LogP contribution in [-0.2, 0) is 9.53 Å². The number of ether oxygens (including phenoxy) is 2. The van der Waals surface area contributed by atoms with Gasteiger partial charge in [-0.2, -0.15) is 0 Å². The molecule has 1 aromatic rings. The van der Waals surface area contributed by atoms with Gasteiger partial charge >= 0.3 is 5.97 Å². The quantitative estimate of drug-likeness (QED) is 0.590. The van der Waals surface area contributed by atoms with Gasteiger partial charge in [0, 0.05) is 11.7 Å². The lowest BCUT2D eigenvalue weighted by Gasteiger charge is -2.15. The summed E-state index contributed by atoms with van der Waals surface area (Å²) < 4.78 is 10.1. The molecule has 21 heavy (non-hydrogen) atoms. The highest BCUT2D eigenvalue weighted by molar-refractivity contribution is 5.99. The zero-order valence-electron chi connectivity index (χ0n) is 12.6. The minimum Gasteiger partial charge on any atom is -0.496 e. The molecule has 0 atom stereocenters. The summed E-state index contributed by atoms with van der Waals surface area (Å²) in [4.78, 5) is 23.7. The van der Waals surface area contributed by atoms with Gasteiger partial charge in [0.15, 0.2) is 6.61 Å². The van der Waals surface area contributed by atoms with E-state index in [1.807, 2.05) is 13.8 Å². The first-order valence-electron chi connectivity index (χ1n) is 6.92. The molecule has 0 aliphatic carbocycles. The van der Waals surface area contributed by atoms with Crippen molar-refractivity contribution < 1.29 is 19.1 Å². The van der Waals surface area contributed by atoms with E-state index in [4.69, 9.17) is 15.2 Å². The van der Waals surface area contributed by atoms with Crippen LogP contribution >= 0.6 is 0 Å². The van der Waals surface area contributed by atoms with E-state index in [9.17, 15) is 9.59 Å². The van der Waals surface area contributed by atoms with E-state index in [0.29, 0.717) is 5.75 Å². The molecule has 116 valence electrons. The number of esters is 1. The van der Waals surface area contributed by atoms with Crippen LogP contribution in [0, 0.1) is 0 Å². The predicted octanol–water partition coefficient (Wildman–Crippen LogP) is 1.74. The Morgan fingerprint density at radius 3 is 2.52 bits per heavy atom. The van der Waals surface area contributed by atoms with E-state index < -0.39 is 5.97 Å². The van der Waals surface area contributed by atoms with Crippen molar-refractivity contribution in [2.24, 2.45) is 0 Å². The van der Waals surface area contributed by atoms with Gasteiger partial charge in [-0.05, 0) is 25.0 Å². The number of hydrogen-bond acceptors (Lipinski definition) is 5. The van der Waals surface area contributed by atoms with Crippen molar-refractivity contribution >= 4 is 17.6 Å². The van der Waals surface area contributed by atoms with Crippen molar-refractivity contribution in [3.05, 3.63) is 23.8 Å². The summed E-state index contributed by atoms with van der Waals surface area (Å²) in [5.41, 5.74) is 6.13. The number of rotatable bonds is 7. The topological polar surface area (TPSA) is 90.7 Å². The Balaban J connectivity index is 2.64. The molecule has 0 radical (unpaired) electrons. The molecule has 0 aliphatic heterocycles. The van der Waals surface area contributed by atoms with Crippen LogP contribution < -0.4 is 15.8 Å². The Bertz CT molecular complexity index is 498. The summed E-state index contributed by atoms with van der Waals surface area (Å²) in [5.74, 6) is -0.685. The number of anilines is 1. The van der Waals surface area contributed by atoms with Crippen LogP contribution in [-0.4, -0.2) is 31.6 Å². The molecule has 0 saturated carbocycles. The lowest BCUT2D eigenvalue weighted by molar-refractivity contribution is -0.125. The molecule has 0 spiro atoms. The Hall–Kier alpha value is -2.24. The van der Waals surface area contributed by atoms with Gasteiger partial charge in [0.05, 0.1) is 7.11 Å². The molecule has 0 aromatic heterocycles. The van der Waals surface area contributed by atoms with Crippen LogP contribution in [0.1, 0.15) is 37.0 Å². The molecular weight excluding hydrogens is 272 g/mol. The van der Waals surface area contributed by atoms with Crippen molar-refractivity contribution in [1.82, 2.24) is 5.32 Å². The molecule has 0 fully saturated rings. The number of benzene rings is 1. The van der Waals surface area contributed by atoms with Crippen molar-refractivity contribution in [3.8, 4) is 5.75 Å². The maximum Gasteiger partial charge on any atom is 0.344 e. The summed E-state index contributed by atoms with van der Waals surface area (Å²) >= 11 is 0. The van der Waals surface area contributed by atoms with Gasteiger partial charge in [-0.15, -0.1) is 0 Å². The Morgan fingerprint density at radius 2 is 1.95 bits per heavy atom. The van der Waals surface area contributed by atoms with Crippen molar-refractivity contribution in [2.75, 3.05) is 19.5 Å². The molecule has 6 heteroatoms. The smallest absolute Gasteiger partial charge is 0.344 e. The average Bonchev–Trinajstić information content (AvgIpc) is 2.49. The monoisotopic (exact) mass is 294 g/mol. The Labute approximate surface area is 124 Å². The van der Waals surface area contributed by atoms with E-state index in [2.05, 4.69) is 5.32 Å². The number of carbonyl (C=O) groups excluding carboxylic acids is 2. The average molecular weight is 294 g/mol. The number of methoxy groups -OCH3 is 1. The molecule has 3 N–H and O–H groups in total. The van der Waals surface area contributed by atoms with Crippen molar-refractivity contribution in [1.29, 1.82) is 0 Å². The number of amides is 1. The maximum atomic E-state index is 12.0. The zero-order chi connectivity index (χ0) is 15.8. The van der Waals surface area contributed by atoms with Gasteiger partial charge < -0.3 is 20.5 Å². The van der Waals surface area contributed by atoms with Crippen LogP contribution in [0.2, 0.25) is 0 Å². The van der Waals surface area contributed by atoms with E-state index >= 15 is 0 Å². The summed E-state index contributed by atoms with van der Waals surface area (Å²) in [6, 6.07) is 4.94. The SMILES string of the molecule is CCC(CC)NC(=O)COC(=O)c1c(N)cccc1OC. The van der Waals surface area contributed by atoms with Crippen LogP contribution in [0.3, 0.4) is 0 Å². The summed E-state index contributed by atoms with van der Waals surface area (Å²) in [6.45, 7) is 3.62. The lowest BCUT2D eigenvalue weighted by Crippen LogP contribution is -2.36. The minimum atomic E-state index is -0.676. The molecule has 0 bridgehead atoms. The van der Waals surface area contributed by atoms with E-state index in [-0.39, 0.29) is 29.8 Å². The molecular formula is C15H22N2O4. The molecule has 0 aliphatic rings. The standard InChI is InChI=1S/C15H22N2O4/c1-4-10(5-2)17-13(18)9-21-15(19)14-11(16)7-6-8-12(14)20-3/h6-8,10H,4-5,9,16H2,1-3H3,(H,17,18). The second-order valence-electron chi connectivity index (χ2n) is 4.58. The fourth-order valence-corrected chi connectivity index (χ4v) is 1.90. The van der Waals surface area contributed by atoms with Crippen LogP contribution in [0.5, 0.6) is 5.75 Å². The van der Waals surface area contributed by atoms with Gasteiger partial charge in [0.2, 0.25) is 0 Å². The second kappa shape index (κ2) is 8.14. The summed E-state index contributed by atoms with van der Waals surface area (Å²) in [6.07, 6.45) is 1.66. The van der Waals surface area contributed by atoms with E-state index in [1.54, 1.807) is 18.2 Å². The number of nitrogen functional groups attached to an aromatic ring is 1. The maximum absolute atomic E-state index is 12.0. The van der Waals surface area contributed by atoms with Crippen LogP contribution in [0.4, 0.5) is 5.69 Å². The molecule has 0 saturated heterocycles. The van der Waals surface area contributed by atoms with Gasteiger partial charge in [0.25, 0.3) is 5.91 Å². The van der Waals surface area contributed by atoms with E-state index in [1.165, 1.54) is 7.11 Å². The molecule has 1 rings (SSSR count). The first kappa shape index (κ1) is 16.8. The van der Waals surface area contributed by atoms with Crippen molar-refractivity contribution in [2.45, 2.75) is 32.7 Å². The molecule has 1 aromatic carbocycles. The molecule has 6 nitrogen and oxygen atoms in total. The number of hydrogen-bond donors (Lipinski definition) is 2. The Morgan fingerprint density at radius 1 is 1.29 bits per heavy atom. The summed E-state index contributed by atoms with van der Waals surface area (Å²) in [7, 11) is 1.44. The van der Waals surface area contributed by atoms with Crippen LogP contribution in [0.15, 0.2) is 18.2 Å². The first-order valence-corrected chi connectivity index (χ1v) is 6.92. The van der Waals surface area contributed by atoms with Crippen molar-refractivity contribution in [3.63, 3.8) is 0 Å². The third-order valence-electron chi connectivity index (χ3n) is 3.17. The van der Waals surface area contributed by atoms with Gasteiger partial charge in [-0.1, -0.05) is 19.9 Å². The third kappa shape index (κ3) is 4.66. The fourth-order valence-electron chi connectivity index (χ4n) is 1.90. The van der Waals surface area contributed by atoms with Gasteiger partial charge in [-0.3, -0.25) is 4.79 Å².